The molecule has 3 heteroatoms. The van der Waals surface area contributed by atoms with Crippen molar-refractivity contribution in [2.45, 2.75) is 6.42 Å². The highest BCUT2D eigenvalue weighted by atomic mass is 16.1. The van der Waals surface area contributed by atoms with Crippen molar-refractivity contribution in [2.24, 2.45) is 0 Å². The molecule has 0 aliphatic carbocycles. The zero-order valence-corrected chi connectivity index (χ0v) is 8.34. The minimum absolute atomic E-state index is 0.639. The van der Waals surface area contributed by atoms with Crippen molar-refractivity contribution >= 4 is 6.29 Å². The van der Waals surface area contributed by atoms with E-state index in [0.29, 0.717) is 6.29 Å². The third kappa shape index (κ3) is 22.8. The molecule has 0 bridgehead atoms. The molecule has 0 spiro atoms. The van der Waals surface area contributed by atoms with Crippen molar-refractivity contribution in [3.8, 4) is 0 Å². The molecule has 0 aliphatic heterocycles. The summed E-state index contributed by atoms with van der Waals surface area (Å²) < 4.78 is 0. The molecule has 0 atom stereocenters. The zero-order chi connectivity index (χ0) is 9.82. The second-order valence-electron chi connectivity index (χ2n) is 2.63. The quantitative estimate of drug-likeness (QED) is 0.373. The summed E-state index contributed by atoms with van der Waals surface area (Å²) in [7, 11) is 6.17. The van der Waals surface area contributed by atoms with Gasteiger partial charge in [-0.05, 0) is 46.7 Å². The lowest BCUT2D eigenvalue weighted by Crippen LogP contribution is -2.18. The molecule has 0 saturated carbocycles. The van der Waals surface area contributed by atoms with Crippen LogP contribution in [0.3, 0.4) is 0 Å². The number of hydrogen-bond donors (Lipinski definition) is 1. The smallest absolute Gasteiger partial charge is 0.142 e. The molecule has 0 heterocycles. The molecule has 0 aromatic heterocycles. The third-order valence-corrected chi connectivity index (χ3v) is 1.13. The topological polar surface area (TPSA) is 32.3 Å². The molecule has 72 valence electrons. The Morgan fingerprint density at radius 1 is 1.50 bits per heavy atom. The van der Waals surface area contributed by atoms with Gasteiger partial charge in [0.05, 0.1) is 0 Å². The van der Waals surface area contributed by atoms with Crippen LogP contribution >= 0.6 is 0 Å². The molecule has 0 unspecified atom stereocenters. The predicted octanol–water partition coefficient (Wildman–Crippen LogP) is 0.529. The first-order chi connectivity index (χ1) is 5.68. The van der Waals surface area contributed by atoms with Crippen LogP contribution in [0.15, 0.2) is 12.7 Å². The van der Waals surface area contributed by atoms with Crippen LogP contribution in [0.4, 0.5) is 0 Å². The highest BCUT2D eigenvalue weighted by Crippen LogP contribution is 1.78. The highest BCUT2D eigenvalue weighted by Gasteiger charge is 1.85. The summed E-state index contributed by atoms with van der Waals surface area (Å²) in [5.74, 6) is 0. The Morgan fingerprint density at radius 3 is 2.25 bits per heavy atom. The van der Waals surface area contributed by atoms with Gasteiger partial charge in [0.25, 0.3) is 0 Å². The molecule has 1 N–H and O–H groups in total. The van der Waals surface area contributed by atoms with Crippen LogP contribution in [0, 0.1) is 0 Å². The Bertz CT molecular complexity index is 96.7. The standard InChI is InChI=1S/C6H16N2.C3H4O/c1-7-5-4-6-8(2)3;1-2-3-4/h7H,4-6H2,1-3H3;2-3H,1H2. The minimum Gasteiger partial charge on any atom is -0.320 e. The van der Waals surface area contributed by atoms with Gasteiger partial charge in [0.2, 0.25) is 0 Å². The summed E-state index contributed by atoms with van der Waals surface area (Å²) in [6.45, 7) is 5.42. The molecular weight excluding hydrogens is 152 g/mol. The fourth-order valence-electron chi connectivity index (χ4n) is 0.572. The van der Waals surface area contributed by atoms with Crippen molar-refractivity contribution < 1.29 is 4.79 Å². The highest BCUT2D eigenvalue weighted by molar-refractivity contribution is 5.63. The lowest BCUT2D eigenvalue weighted by atomic mass is 10.4. The van der Waals surface area contributed by atoms with Gasteiger partial charge in [0.15, 0.2) is 0 Å². The Morgan fingerprint density at radius 2 is 2.00 bits per heavy atom. The second-order valence-corrected chi connectivity index (χ2v) is 2.63. The van der Waals surface area contributed by atoms with E-state index >= 15 is 0 Å². The molecule has 12 heavy (non-hydrogen) atoms. The van der Waals surface area contributed by atoms with Gasteiger partial charge < -0.3 is 10.2 Å². The maximum Gasteiger partial charge on any atom is 0.142 e. The molecule has 0 aromatic rings. The van der Waals surface area contributed by atoms with E-state index in [1.54, 1.807) is 0 Å². The molecule has 0 amide bonds. The first kappa shape index (κ1) is 13.9. The van der Waals surface area contributed by atoms with E-state index < -0.39 is 0 Å². The van der Waals surface area contributed by atoms with Crippen molar-refractivity contribution in [3.63, 3.8) is 0 Å². The maximum atomic E-state index is 9.06. The SMILES string of the molecule is C=CC=O.CNCCCN(C)C. The van der Waals surface area contributed by atoms with E-state index in [4.69, 9.17) is 4.79 Å². The Balaban J connectivity index is 0. The van der Waals surface area contributed by atoms with Crippen molar-refractivity contribution in [1.29, 1.82) is 0 Å². The summed E-state index contributed by atoms with van der Waals surface area (Å²) in [5, 5.41) is 3.10. The molecule has 0 radical (unpaired) electrons. The average Bonchev–Trinajstić information content (AvgIpc) is 2.05. The Labute approximate surface area is 75.4 Å². The number of aldehydes is 1. The van der Waals surface area contributed by atoms with Gasteiger partial charge in [-0.15, -0.1) is 0 Å². The number of hydrogen-bond acceptors (Lipinski definition) is 3. The monoisotopic (exact) mass is 172 g/mol. The van der Waals surface area contributed by atoms with Crippen LogP contribution in [0.5, 0.6) is 0 Å². The van der Waals surface area contributed by atoms with Crippen molar-refractivity contribution in [3.05, 3.63) is 12.7 Å². The molecule has 0 saturated heterocycles. The number of nitrogens with one attached hydrogen (secondary N) is 1. The molecule has 0 rings (SSSR count). The molecular formula is C9H20N2O. The minimum atomic E-state index is 0.639. The molecule has 3 nitrogen and oxygen atoms in total. The van der Waals surface area contributed by atoms with Crippen LogP contribution in [0.1, 0.15) is 6.42 Å². The fourth-order valence-corrected chi connectivity index (χ4v) is 0.572. The summed E-state index contributed by atoms with van der Waals surface area (Å²) in [6, 6.07) is 0. The van der Waals surface area contributed by atoms with Gasteiger partial charge in [0.1, 0.15) is 6.29 Å². The van der Waals surface area contributed by atoms with Crippen LogP contribution in [0.25, 0.3) is 0 Å². The van der Waals surface area contributed by atoms with Crippen LogP contribution in [-0.4, -0.2) is 45.4 Å². The summed E-state index contributed by atoms with van der Waals surface area (Å²) >= 11 is 0. The molecule has 0 fully saturated rings. The number of carbonyl (C=O) groups excluding carboxylic acids is 1. The van der Waals surface area contributed by atoms with E-state index in [2.05, 4.69) is 30.9 Å². The number of allylic oxidation sites excluding steroid dienone is 1. The van der Waals surface area contributed by atoms with Crippen molar-refractivity contribution in [2.75, 3.05) is 34.2 Å². The van der Waals surface area contributed by atoms with Crippen LogP contribution in [-0.2, 0) is 4.79 Å². The average molecular weight is 172 g/mol. The fraction of sp³-hybridized carbons (Fsp3) is 0.667. The number of carbonyl (C=O) groups is 1. The summed E-state index contributed by atoms with van der Waals surface area (Å²) in [6.07, 6.45) is 3.07. The first-order valence-corrected chi connectivity index (χ1v) is 4.04. The van der Waals surface area contributed by atoms with E-state index in [1.807, 2.05) is 7.05 Å². The summed E-state index contributed by atoms with van der Waals surface area (Å²) in [4.78, 5) is 11.2. The second kappa shape index (κ2) is 13.0. The maximum absolute atomic E-state index is 9.06. The van der Waals surface area contributed by atoms with Gasteiger partial charge in [-0.1, -0.05) is 6.58 Å². The third-order valence-electron chi connectivity index (χ3n) is 1.13. The number of rotatable bonds is 5. The Hall–Kier alpha value is -0.670. The lowest BCUT2D eigenvalue weighted by molar-refractivity contribution is -0.104. The molecule has 0 aliphatic rings. The van der Waals surface area contributed by atoms with Gasteiger partial charge in [-0.25, -0.2) is 0 Å². The van der Waals surface area contributed by atoms with E-state index in [1.165, 1.54) is 19.0 Å². The zero-order valence-electron chi connectivity index (χ0n) is 8.34. The van der Waals surface area contributed by atoms with E-state index in [9.17, 15) is 0 Å². The normalized spacial score (nSPS) is 8.67. The van der Waals surface area contributed by atoms with Gasteiger partial charge >= 0.3 is 0 Å². The van der Waals surface area contributed by atoms with Crippen LogP contribution in [0.2, 0.25) is 0 Å². The lowest BCUT2D eigenvalue weighted by Gasteiger charge is -2.07. The van der Waals surface area contributed by atoms with Crippen molar-refractivity contribution in [1.82, 2.24) is 10.2 Å². The number of nitrogens with zero attached hydrogens (tertiary/aromatic N) is 1. The van der Waals surface area contributed by atoms with Gasteiger partial charge in [-0.2, -0.15) is 0 Å². The van der Waals surface area contributed by atoms with Gasteiger partial charge in [-0.3, -0.25) is 4.79 Å². The van der Waals surface area contributed by atoms with E-state index in [0.717, 1.165) is 6.54 Å². The van der Waals surface area contributed by atoms with Crippen LogP contribution < -0.4 is 5.32 Å². The Kier molecular flexibility index (Phi) is 15.0. The largest absolute Gasteiger partial charge is 0.320 e. The first-order valence-electron chi connectivity index (χ1n) is 4.04. The van der Waals surface area contributed by atoms with E-state index in [-0.39, 0.29) is 0 Å². The predicted molar refractivity (Wildman–Crippen MR) is 53.4 cm³/mol. The van der Waals surface area contributed by atoms with Gasteiger partial charge in [0, 0.05) is 0 Å². The molecule has 0 aromatic carbocycles. The summed E-state index contributed by atoms with van der Waals surface area (Å²) in [5.41, 5.74) is 0.